The number of nitrogens with one attached hydrogen (secondary N) is 2. The predicted molar refractivity (Wildman–Crippen MR) is 115 cm³/mol. The van der Waals surface area contributed by atoms with Crippen molar-refractivity contribution in [2.75, 3.05) is 17.2 Å². The molecule has 4 aromatic rings. The van der Waals surface area contributed by atoms with Crippen LogP contribution in [-0.2, 0) is 0 Å². The van der Waals surface area contributed by atoms with Gasteiger partial charge in [-0.1, -0.05) is 30.3 Å². The van der Waals surface area contributed by atoms with Crippen LogP contribution in [0.2, 0.25) is 0 Å². The zero-order chi connectivity index (χ0) is 20.1. The van der Waals surface area contributed by atoms with Crippen LogP contribution >= 0.6 is 0 Å². The molecular formula is C23H20N4O2. The number of hydrogen-bond donors (Lipinski definition) is 2. The van der Waals surface area contributed by atoms with Gasteiger partial charge in [-0.05, 0) is 55.5 Å². The standard InChI is InChI=1S/C23H20N4O2/c1-2-29-18-14-12-17(13-15-18)25-23(28)22-26-20-11-7-6-10-19(20)21(27-22)24-16-8-4-3-5-9-16/h3-15H,2H2,1H3,(H,25,28)(H,24,26,27). The average Bonchev–Trinajstić information content (AvgIpc) is 2.76. The minimum atomic E-state index is -0.379. The topological polar surface area (TPSA) is 76.1 Å². The van der Waals surface area contributed by atoms with Gasteiger partial charge in [0.25, 0.3) is 5.91 Å². The van der Waals surface area contributed by atoms with Gasteiger partial charge in [-0.25, -0.2) is 9.97 Å². The first-order valence-electron chi connectivity index (χ1n) is 9.36. The molecule has 0 saturated carbocycles. The maximum atomic E-state index is 12.8. The maximum Gasteiger partial charge on any atom is 0.293 e. The lowest BCUT2D eigenvalue weighted by atomic mass is 10.2. The van der Waals surface area contributed by atoms with E-state index in [9.17, 15) is 4.79 Å². The van der Waals surface area contributed by atoms with E-state index in [-0.39, 0.29) is 11.7 Å². The Labute approximate surface area is 168 Å². The molecule has 0 atom stereocenters. The maximum absolute atomic E-state index is 12.8. The minimum absolute atomic E-state index is 0.0935. The molecule has 1 amide bonds. The molecule has 0 aliphatic heterocycles. The van der Waals surface area contributed by atoms with E-state index >= 15 is 0 Å². The van der Waals surface area contributed by atoms with Gasteiger partial charge in [0, 0.05) is 16.8 Å². The zero-order valence-corrected chi connectivity index (χ0v) is 15.9. The molecule has 0 saturated heterocycles. The van der Waals surface area contributed by atoms with Crippen molar-refractivity contribution in [3.63, 3.8) is 0 Å². The smallest absolute Gasteiger partial charge is 0.293 e. The van der Waals surface area contributed by atoms with Gasteiger partial charge >= 0.3 is 0 Å². The van der Waals surface area contributed by atoms with Crippen LogP contribution in [0.15, 0.2) is 78.9 Å². The van der Waals surface area contributed by atoms with Crippen LogP contribution < -0.4 is 15.4 Å². The van der Waals surface area contributed by atoms with Crippen molar-refractivity contribution in [2.45, 2.75) is 6.92 Å². The van der Waals surface area contributed by atoms with Crippen molar-refractivity contribution in [1.82, 2.24) is 9.97 Å². The van der Waals surface area contributed by atoms with E-state index in [1.54, 1.807) is 12.1 Å². The first-order valence-corrected chi connectivity index (χ1v) is 9.36. The third kappa shape index (κ3) is 4.32. The van der Waals surface area contributed by atoms with Gasteiger partial charge in [-0.3, -0.25) is 4.79 Å². The highest BCUT2D eigenvalue weighted by Crippen LogP contribution is 2.24. The third-order valence-electron chi connectivity index (χ3n) is 4.27. The third-order valence-corrected chi connectivity index (χ3v) is 4.27. The lowest BCUT2D eigenvalue weighted by molar-refractivity contribution is 0.101. The number of carbonyl (C=O) groups is 1. The Bertz CT molecular complexity index is 1130. The second-order valence-electron chi connectivity index (χ2n) is 6.32. The molecule has 1 aromatic heterocycles. The van der Waals surface area contributed by atoms with Crippen LogP contribution in [-0.4, -0.2) is 22.5 Å². The first-order chi connectivity index (χ1) is 14.2. The molecule has 0 aliphatic rings. The molecule has 144 valence electrons. The van der Waals surface area contributed by atoms with E-state index in [2.05, 4.69) is 20.6 Å². The number of benzene rings is 3. The van der Waals surface area contributed by atoms with E-state index in [1.165, 1.54) is 0 Å². The number of fused-ring (bicyclic) bond motifs is 1. The van der Waals surface area contributed by atoms with Crippen LogP contribution in [0.3, 0.4) is 0 Å². The summed E-state index contributed by atoms with van der Waals surface area (Å²) in [5.41, 5.74) is 2.22. The van der Waals surface area contributed by atoms with Crippen molar-refractivity contribution in [3.05, 3.63) is 84.7 Å². The zero-order valence-electron chi connectivity index (χ0n) is 15.9. The SMILES string of the molecule is CCOc1ccc(NC(=O)c2nc(Nc3ccccc3)c3ccccc3n2)cc1. The molecule has 6 nitrogen and oxygen atoms in total. The van der Waals surface area contributed by atoms with Crippen LogP contribution in [0.5, 0.6) is 5.75 Å². The van der Waals surface area contributed by atoms with Crippen molar-refractivity contribution < 1.29 is 9.53 Å². The van der Waals surface area contributed by atoms with Gasteiger partial charge in [0.05, 0.1) is 12.1 Å². The number of ether oxygens (including phenoxy) is 1. The Morgan fingerprint density at radius 1 is 0.862 bits per heavy atom. The Kier molecular flexibility index (Phi) is 5.33. The molecule has 4 rings (SSSR count). The van der Waals surface area contributed by atoms with Gasteiger partial charge in [0.1, 0.15) is 11.6 Å². The summed E-state index contributed by atoms with van der Waals surface area (Å²) >= 11 is 0. The Hall–Kier alpha value is -3.93. The highest BCUT2D eigenvalue weighted by atomic mass is 16.5. The molecule has 0 unspecified atom stereocenters. The van der Waals surface area contributed by atoms with E-state index in [0.717, 1.165) is 16.8 Å². The van der Waals surface area contributed by atoms with Crippen molar-refractivity contribution in [1.29, 1.82) is 0 Å². The number of hydrogen-bond acceptors (Lipinski definition) is 5. The summed E-state index contributed by atoms with van der Waals surface area (Å²) in [5.74, 6) is 1.05. The Morgan fingerprint density at radius 3 is 2.34 bits per heavy atom. The molecule has 6 heteroatoms. The summed E-state index contributed by atoms with van der Waals surface area (Å²) in [6.07, 6.45) is 0. The lowest BCUT2D eigenvalue weighted by Crippen LogP contribution is -2.16. The molecule has 0 aliphatic carbocycles. The van der Waals surface area contributed by atoms with Gasteiger partial charge in [-0.15, -0.1) is 0 Å². The monoisotopic (exact) mass is 384 g/mol. The largest absolute Gasteiger partial charge is 0.494 e. The fraction of sp³-hybridized carbons (Fsp3) is 0.0870. The van der Waals surface area contributed by atoms with Crippen molar-refractivity contribution in [2.24, 2.45) is 0 Å². The fourth-order valence-electron chi connectivity index (χ4n) is 2.92. The van der Waals surface area contributed by atoms with Crippen LogP contribution in [0.25, 0.3) is 10.9 Å². The predicted octanol–water partition coefficient (Wildman–Crippen LogP) is 5.02. The average molecular weight is 384 g/mol. The molecule has 0 radical (unpaired) electrons. The first kappa shape index (κ1) is 18.4. The summed E-state index contributed by atoms with van der Waals surface area (Å²) in [7, 11) is 0. The Balaban J connectivity index is 1.63. The Morgan fingerprint density at radius 2 is 1.59 bits per heavy atom. The second-order valence-corrected chi connectivity index (χ2v) is 6.32. The van der Waals surface area contributed by atoms with Gasteiger partial charge in [0.2, 0.25) is 5.82 Å². The fourth-order valence-corrected chi connectivity index (χ4v) is 2.92. The number of rotatable bonds is 6. The summed E-state index contributed by atoms with van der Waals surface area (Å²) in [6, 6.07) is 24.5. The minimum Gasteiger partial charge on any atom is -0.494 e. The number of para-hydroxylation sites is 2. The molecule has 29 heavy (non-hydrogen) atoms. The molecule has 0 fully saturated rings. The summed E-state index contributed by atoms with van der Waals surface area (Å²) in [6.45, 7) is 2.52. The van der Waals surface area contributed by atoms with Crippen molar-refractivity contribution in [3.8, 4) is 5.75 Å². The molecular weight excluding hydrogens is 364 g/mol. The molecule has 3 aromatic carbocycles. The van der Waals surface area contributed by atoms with E-state index in [4.69, 9.17) is 4.74 Å². The highest BCUT2D eigenvalue weighted by molar-refractivity contribution is 6.04. The summed E-state index contributed by atoms with van der Waals surface area (Å²) in [4.78, 5) is 21.7. The van der Waals surface area contributed by atoms with E-state index < -0.39 is 0 Å². The lowest BCUT2D eigenvalue weighted by Gasteiger charge is -2.11. The van der Waals surface area contributed by atoms with Gasteiger partial charge < -0.3 is 15.4 Å². The van der Waals surface area contributed by atoms with Crippen LogP contribution in [0.4, 0.5) is 17.2 Å². The van der Waals surface area contributed by atoms with Gasteiger partial charge in [0.15, 0.2) is 0 Å². The number of amides is 1. The van der Waals surface area contributed by atoms with E-state index in [0.29, 0.717) is 23.6 Å². The molecule has 0 spiro atoms. The number of anilines is 3. The van der Waals surface area contributed by atoms with Crippen LogP contribution in [0, 0.1) is 0 Å². The van der Waals surface area contributed by atoms with Crippen molar-refractivity contribution >= 4 is 34.0 Å². The molecule has 2 N–H and O–H groups in total. The van der Waals surface area contributed by atoms with Gasteiger partial charge in [-0.2, -0.15) is 0 Å². The normalized spacial score (nSPS) is 10.5. The van der Waals surface area contributed by atoms with Crippen LogP contribution in [0.1, 0.15) is 17.5 Å². The highest BCUT2D eigenvalue weighted by Gasteiger charge is 2.14. The quantitative estimate of drug-likeness (QED) is 0.488. The number of aromatic nitrogens is 2. The summed E-state index contributed by atoms with van der Waals surface area (Å²) < 4.78 is 5.43. The van der Waals surface area contributed by atoms with E-state index in [1.807, 2.05) is 73.7 Å². The summed E-state index contributed by atoms with van der Waals surface area (Å²) in [5, 5.41) is 6.96. The second kappa shape index (κ2) is 8.39. The molecule has 1 heterocycles. The molecule has 0 bridgehead atoms. The number of carbonyl (C=O) groups excluding carboxylic acids is 1. The number of nitrogens with zero attached hydrogens (tertiary/aromatic N) is 2.